The summed E-state index contributed by atoms with van der Waals surface area (Å²) in [5.41, 5.74) is 1.90. The summed E-state index contributed by atoms with van der Waals surface area (Å²) >= 11 is 18.2. The molecule has 0 radical (unpaired) electrons. The Morgan fingerprint density at radius 1 is 1.19 bits per heavy atom. The van der Waals surface area contributed by atoms with Crippen LogP contribution in [-0.2, 0) is 9.16 Å². The fourth-order valence-corrected chi connectivity index (χ4v) is 3.92. The maximum Gasteiger partial charge on any atom is 0.266 e. The molecule has 0 N–H and O–H groups in total. The van der Waals surface area contributed by atoms with Crippen molar-refractivity contribution in [2.45, 2.75) is 48.7 Å². The Labute approximate surface area is 178 Å². The van der Waals surface area contributed by atoms with Gasteiger partial charge in [-0.2, -0.15) is 0 Å². The molecule has 0 aliphatic carbocycles. The van der Waals surface area contributed by atoms with Gasteiger partial charge in [-0.15, -0.1) is 0 Å². The smallest absolute Gasteiger partial charge is 0.266 e. The summed E-state index contributed by atoms with van der Waals surface area (Å²) in [6, 6.07) is 9.66. The van der Waals surface area contributed by atoms with Gasteiger partial charge in [0.05, 0.1) is 6.04 Å². The van der Waals surface area contributed by atoms with E-state index in [1.54, 1.807) is 0 Å². The van der Waals surface area contributed by atoms with Crippen molar-refractivity contribution < 1.29 is 9.16 Å². The van der Waals surface area contributed by atoms with Crippen LogP contribution in [0.1, 0.15) is 32.4 Å². The number of nitrogens with zero attached hydrogens (tertiary/aromatic N) is 1. The molecular weight excluding hydrogens is 421 g/mol. The van der Waals surface area contributed by atoms with E-state index in [9.17, 15) is 0 Å². The van der Waals surface area contributed by atoms with Crippen molar-refractivity contribution in [1.82, 2.24) is 0 Å². The van der Waals surface area contributed by atoms with Crippen LogP contribution in [-0.4, -0.2) is 31.2 Å². The minimum Gasteiger partial charge on any atom is -0.473 e. The molecule has 2 atom stereocenters. The Balaban J connectivity index is 2.39. The third-order valence-electron chi connectivity index (χ3n) is 5.37. The lowest BCUT2D eigenvalue weighted by atomic mass is 9.89. The number of hydrogen-bond donors (Lipinski definition) is 0. The van der Waals surface area contributed by atoms with Crippen molar-refractivity contribution in [2.75, 3.05) is 13.2 Å². The molecule has 0 fully saturated rings. The minimum atomic E-state index is -1.93. The fourth-order valence-electron chi connectivity index (χ4n) is 2.58. The third kappa shape index (κ3) is 5.74. The topological polar surface area (TPSA) is 30.8 Å². The summed E-state index contributed by atoms with van der Waals surface area (Å²) in [6.07, 6.45) is 0. The van der Waals surface area contributed by atoms with Crippen molar-refractivity contribution in [2.24, 2.45) is 10.9 Å². The molecule has 1 aliphatic rings. The summed E-state index contributed by atoms with van der Waals surface area (Å²) in [5, 5.41) is 0.115. The molecule has 7 heteroatoms. The van der Waals surface area contributed by atoms with Gasteiger partial charge < -0.3 is 9.16 Å². The number of halogens is 3. The van der Waals surface area contributed by atoms with Crippen LogP contribution in [0.3, 0.4) is 0 Å². The molecule has 0 saturated heterocycles. The number of ether oxygens (including phenoxy) is 1. The van der Waals surface area contributed by atoms with Gasteiger partial charge in [0.1, 0.15) is 6.61 Å². The molecule has 27 heavy (non-hydrogen) atoms. The van der Waals surface area contributed by atoms with Crippen LogP contribution < -0.4 is 0 Å². The van der Waals surface area contributed by atoms with E-state index in [1.807, 2.05) is 30.3 Å². The molecular formula is C20H28Cl3NO2Si. The van der Waals surface area contributed by atoms with Gasteiger partial charge in [0.15, 0.2) is 8.32 Å². The van der Waals surface area contributed by atoms with Crippen LogP contribution in [0, 0.1) is 5.92 Å². The van der Waals surface area contributed by atoms with Gasteiger partial charge in [-0.25, -0.2) is 4.99 Å². The number of benzene rings is 1. The lowest BCUT2D eigenvalue weighted by molar-refractivity contribution is 0.222. The molecule has 0 bridgehead atoms. The largest absolute Gasteiger partial charge is 0.473 e. The lowest BCUT2D eigenvalue weighted by Crippen LogP contribution is -2.42. The third-order valence-corrected chi connectivity index (χ3v) is 10.4. The average molecular weight is 449 g/mol. The van der Waals surface area contributed by atoms with Crippen LogP contribution in [0.2, 0.25) is 18.1 Å². The van der Waals surface area contributed by atoms with E-state index in [0.29, 0.717) is 6.61 Å². The second-order valence-electron chi connectivity index (χ2n) is 8.41. The van der Waals surface area contributed by atoms with Crippen molar-refractivity contribution in [3.05, 3.63) is 48.0 Å². The second-order valence-corrected chi connectivity index (χ2v) is 15.5. The first-order chi connectivity index (χ1) is 12.3. The monoisotopic (exact) mass is 447 g/mol. The highest BCUT2D eigenvalue weighted by Crippen LogP contribution is 2.41. The molecule has 0 unspecified atom stereocenters. The second kappa shape index (κ2) is 8.46. The Hall–Kier alpha value is -0.523. The first kappa shape index (κ1) is 22.8. The number of rotatable bonds is 4. The van der Waals surface area contributed by atoms with E-state index < -0.39 is 12.1 Å². The molecule has 1 heterocycles. The first-order valence-corrected chi connectivity index (χ1v) is 13.0. The molecule has 0 aromatic heterocycles. The summed E-state index contributed by atoms with van der Waals surface area (Å²) in [5.74, 6) is 0.0312. The van der Waals surface area contributed by atoms with Crippen molar-refractivity contribution in [1.29, 1.82) is 0 Å². The summed E-state index contributed by atoms with van der Waals surface area (Å²) in [7, 11) is -1.93. The van der Waals surface area contributed by atoms with Crippen LogP contribution in [0.15, 0.2) is 47.5 Å². The summed E-state index contributed by atoms with van der Waals surface area (Å²) < 4.78 is 10.4. The quantitative estimate of drug-likeness (QED) is 0.291. The van der Waals surface area contributed by atoms with E-state index in [2.05, 4.69) is 45.4 Å². The highest BCUT2D eigenvalue weighted by atomic mass is 35.6. The Morgan fingerprint density at radius 2 is 1.78 bits per heavy atom. The molecule has 3 nitrogen and oxygen atoms in total. The standard InChI is InChI=1S/C20H28Cl3NO2Si/c1-14-12-25-18(20(21,22)23)24-17(15-10-8-7-9-11-15)16(14)13-26-27(5,6)19(2,3)4/h7-11,16-17H,1,12-13H2,2-6H3/t16-,17+/m0/s1. The van der Waals surface area contributed by atoms with E-state index >= 15 is 0 Å². The predicted molar refractivity (Wildman–Crippen MR) is 119 cm³/mol. The van der Waals surface area contributed by atoms with Gasteiger partial charge >= 0.3 is 0 Å². The zero-order valence-corrected chi connectivity index (χ0v) is 19.8. The maximum atomic E-state index is 6.49. The molecule has 0 saturated carbocycles. The van der Waals surface area contributed by atoms with Gasteiger partial charge in [-0.05, 0) is 29.3 Å². The van der Waals surface area contributed by atoms with Gasteiger partial charge in [0.25, 0.3) is 3.79 Å². The van der Waals surface area contributed by atoms with Crippen LogP contribution in [0.25, 0.3) is 0 Å². The van der Waals surface area contributed by atoms with Gasteiger partial charge in [0, 0.05) is 12.5 Å². The Morgan fingerprint density at radius 3 is 2.30 bits per heavy atom. The average Bonchev–Trinajstić information content (AvgIpc) is 2.71. The van der Waals surface area contributed by atoms with Crippen molar-refractivity contribution in [3.8, 4) is 0 Å². The van der Waals surface area contributed by atoms with Gasteiger partial charge in [0.2, 0.25) is 5.90 Å². The first-order valence-electron chi connectivity index (χ1n) is 8.97. The zero-order valence-electron chi connectivity index (χ0n) is 16.6. The molecule has 1 aromatic carbocycles. The zero-order chi connectivity index (χ0) is 20.5. The number of hydrogen-bond acceptors (Lipinski definition) is 3. The molecule has 0 spiro atoms. The van der Waals surface area contributed by atoms with Gasteiger partial charge in [-0.1, -0.05) is 92.5 Å². The van der Waals surface area contributed by atoms with Crippen molar-refractivity contribution >= 4 is 49.0 Å². The lowest BCUT2D eigenvalue weighted by Gasteiger charge is -2.38. The Bertz CT molecular complexity index is 693. The van der Waals surface area contributed by atoms with E-state index in [-0.39, 0.29) is 29.5 Å². The van der Waals surface area contributed by atoms with Crippen LogP contribution >= 0.6 is 34.8 Å². The molecule has 1 aromatic rings. The van der Waals surface area contributed by atoms with Gasteiger partial charge in [-0.3, -0.25) is 0 Å². The summed E-state index contributed by atoms with van der Waals surface area (Å²) in [6.45, 7) is 16.1. The molecule has 1 aliphatic heterocycles. The van der Waals surface area contributed by atoms with Crippen LogP contribution in [0.4, 0.5) is 0 Å². The highest BCUT2D eigenvalue weighted by Gasteiger charge is 2.41. The number of alkyl halides is 3. The molecule has 150 valence electrons. The van der Waals surface area contributed by atoms with Crippen LogP contribution in [0.5, 0.6) is 0 Å². The molecule has 2 rings (SSSR count). The molecule has 0 amide bonds. The highest BCUT2D eigenvalue weighted by molar-refractivity contribution is 6.76. The maximum absolute atomic E-state index is 6.49. The Kier molecular flexibility index (Phi) is 7.13. The van der Waals surface area contributed by atoms with E-state index in [1.165, 1.54) is 0 Å². The van der Waals surface area contributed by atoms with Crippen molar-refractivity contribution in [3.63, 3.8) is 0 Å². The minimum absolute atomic E-state index is 0.0635. The van der Waals surface area contributed by atoms with E-state index in [0.717, 1.165) is 11.1 Å². The fraction of sp³-hybridized carbons (Fsp3) is 0.550. The summed E-state index contributed by atoms with van der Waals surface area (Å²) in [4.78, 5) is 4.68. The SMILES string of the molecule is C=C1COC(C(Cl)(Cl)Cl)=N[C@H](c2ccccc2)[C@H]1CO[Si](C)(C)C(C)(C)C. The van der Waals surface area contributed by atoms with E-state index in [4.69, 9.17) is 44.0 Å². The number of aliphatic imine (C=N–C) groups is 1. The predicted octanol–water partition coefficient (Wildman–Crippen LogP) is 6.72. The normalized spacial score (nSPS) is 22.1.